The van der Waals surface area contributed by atoms with Crippen LogP contribution in [0.25, 0.3) is 0 Å². The van der Waals surface area contributed by atoms with Gasteiger partial charge in [-0.15, -0.1) is 6.58 Å². The van der Waals surface area contributed by atoms with E-state index in [4.69, 9.17) is 14.6 Å². The highest BCUT2D eigenvalue weighted by Crippen LogP contribution is 2.27. The summed E-state index contributed by atoms with van der Waals surface area (Å²) in [5.74, 6) is 2.15. The van der Waals surface area contributed by atoms with Crippen molar-refractivity contribution in [3.05, 3.63) is 78.1 Å². The minimum absolute atomic E-state index is 0.0864. The maximum atomic E-state index is 13.0. The molecule has 1 amide bonds. The van der Waals surface area contributed by atoms with Gasteiger partial charge in [-0.1, -0.05) is 18.2 Å². The van der Waals surface area contributed by atoms with Crippen LogP contribution in [0.1, 0.15) is 24.0 Å². The third-order valence-corrected chi connectivity index (χ3v) is 6.08. The quantitative estimate of drug-likeness (QED) is 0.343. The van der Waals surface area contributed by atoms with E-state index in [2.05, 4.69) is 16.9 Å². The highest BCUT2D eigenvalue weighted by Gasteiger charge is 2.43. The van der Waals surface area contributed by atoms with E-state index in [1.165, 1.54) is 12.1 Å². The number of benzene rings is 2. The fourth-order valence-corrected chi connectivity index (χ4v) is 4.09. The standard InChI is InChI=1S/C25H29FN2O4S/c1-2-12-25(24(30)27-13-16-33-17-19-4-8-21(26)9-5-19)18-32-23(28-25)20-6-10-22(11-7-20)31-15-3-14-29/h2,4-11,29H,1,3,12-18H2,(H,27,30)/t25-/m1/s1. The lowest BCUT2D eigenvalue weighted by Crippen LogP contribution is -2.47. The smallest absolute Gasteiger partial charge is 0.251 e. The number of carbonyl (C=O) groups excluding carboxylic acids is 1. The Morgan fingerprint density at radius 2 is 2.03 bits per heavy atom. The molecule has 3 rings (SSSR count). The summed E-state index contributed by atoms with van der Waals surface area (Å²) in [5, 5.41) is 11.8. The fraction of sp³-hybridized carbons (Fsp3) is 0.360. The number of thioether (sulfide) groups is 1. The van der Waals surface area contributed by atoms with Crippen LogP contribution >= 0.6 is 11.8 Å². The van der Waals surface area contributed by atoms with Crippen molar-refractivity contribution in [1.82, 2.24) is 5.32 Å². The Kier molecular flexibility index (Phi) is 9.33. The summed E-state index contributed by atoms with van der Waals surface area (Å²) in [7, 11) is 0. The molecule has 0 aliphatic carbocycles. The van der Waals surface area contributed by atoms with Gasteiger partial charge in [0.2, 0.25) is 5.90 Å². The van der Waals surface area contributed by atoms with Crippen LogP contribution in [-0.4, -0.2) is 54.6 Å². The second-order valence-corrected chi connectivity index (χ2v) is 8.72. The Morgan fingerprint density at radius 1 is 1.27 bits per heavy atom. The van der Waals surface area contributed by atoms with E-state index in [-0.39, 0.29) is 24.9 Å². The number of halogens is 1. The SMILES string of the molecule is C=CC[C@]1(C(=O)NCCSCc2ccc(F)cc2)COC(c2ccc(OCCCO)cc2)=N1. The second kappa shape index (κ2) is 12.4. The van der Waals surface area contributed by atoms with Gasteiger partial charge in [0, 0.05) is 43.1 Å². The summed E-state index contributed by atoms with van der Waals surface area (Å²) < 4.78 is 24.3. The van der Waals surface area contributed by atoms with Crippen molar-refractivity contribution >= 4 is 23.6 Å². The molecule has 6 nitrogen and oxygen atoms in total. The molecule has 2 aromatic rings. The molecule has 8 heteroatoms. The molecule has 0 radical (unpaired) electrons. The molecule has 0 aromatic heterocycles. The summed E-state index contributed by atoms with van der Waals surface area (Å²) >= 11 is 1.66. The zero-order valence-electron chi connectivity index (χ0n) is 18.5. The van der Waals surface area contributed by atoms with Gasteiger partial charge in [0.1, 0.15) is 18.2 Å². The predicted molar refractivity (Wildman–Crippen MR) is 129 cm³/mol. The van der Waals surface area contributed by atoms with E-state index >= 15 is 0 Å². The maximum absolute atomic E-state index is 13.0. The van der Waals surface area contributed by atoms with Crippen LogP contribution < -0.4 is 10.1 Å². The summed E-state index contributed by atoms with van der Waals surface area (Å²) in [5.41, 5.74) is 0.770. The van der Waals surface area contributed by atoms with Gasteiger partial charge < -0.3 is 19.9 Å². The van der Waals surface area contributed by atoms with Crippen molar-refractivity contribution in [2.24, 2.45) is 4.99 Å². The number of carbonyl (C=O) groups is 1. The van der Waals surface area contributed by atoms with Gasteiger partial charge in [0.15, 0.2) is 5.54 Å². The van der Waals surface area contributed by atoms with Gasteiger partial charge in [0.05, 0.1) is 6.61 Å². The van der Waals surface area contributed by atoms with Crippen molar-refractivity contribution in [2.45, 2.75) is 24.1 Å². The Morgan fingerprint density at radius 3 is 2.73 bits per heavy atom. The highest BCUT2D eigenvalue weighted by atomic mass is 32.2. The Hall–Kier alpha value is -2.84. The highest BCUT2D eigenvalue weighted by molar-refractivity contribution is 7.98. The molecule has 1 atom stereocenters. The van der Waals surface area contributed by atoms with E-state index in [9.17, 15) is 9.18 Å². The van der Waals surface area contributed by atoms with E-state index in [1.807, 2.05) is 24.3 Å². The van der Waals surface area contributed by atoms with Crippen LogP contribution in [0, 0.1) is 5.82 Å². The molecule has 0 fully saturated rings. The molecule has 0 unspecified atom stereocenters. The largest absolute Gasteiger partial charge is 0.494 e. The number of nitrogens with one attached hydrogen (secondary N) is 1. The van der Waals surface area contributed by atoms with Crippen molar-refractivity contribution < 1.29 is 23.8 Å². The van der Waals surface area contributed by atoms with E-state index in [0.29, 0.717) is 37.6 Å². The monoisotopic (exact) mass is 472 g/mol. The molecule has 1 aliphatic rings. The van der Waals surface area contributed by atoms with Crippen LogP contribution in [0.2, 0.25) is 0 Å². The average Bonchev–Trinajstić information content (AvgIpc) is 3.26. The van der Waals surface area contributed by atoms with E-state index in [0.717, 1.165) is 22.6 Å². The van der Waals surface area contributed by atoms with Crippen molar-refractivity contribution in [2.75, 3.05) is 32.1 Å². The maximum Gasteiger partial charge on any atom is 0.251 e. The zero-order valence-corrected chi connectivity index (χ0v) is 19.3. The van der Waals surface area contributed by atoms with Crippen molar-refractivity contribution in [1.29, 1.82) is 0 Å². The van der Waals surface area contributed by atoms with Gasteiger partial charge in [-0.3, -0.25) is 4.79 Å². The van der Waals surface area contributed by atoms with E-state index < -0.39 is 5.54 Å². The second-order valence-electron chi connectivity index (χ2n) is 7.61. The molecule has 0 spiro atoms. The lowest BCUT2D eigenvalue weighted by atomic mass is 9.96. The molecular weight excluding hydrogens is 443 g/mol. The van der Waals surface area contributed by atoms with E-state index in [1.54, 1.807) is 30.0 Å². The van der Waals surface area contributed by atoms with Crippen LogP contribution in [0.15, 0.2) is 66.2 Å². The first-order valence-corrected chi connectivity index (χ1v) is 12.0. The molecule has 2 aromatic carbocycles. The molecule has 176 valence electrons. The van der Waals surface area contributed by atoms with Crippen molar-refractivity contribution in [3.8, 4) is 5.75 Å². The first kappa shape index (κ1) is 24.8. The topological polar surface area (TPSA) is 80.2 Å². The number of rotatable bonds is 13. The van der Waals surface area contributed by atoms with Crippen LogP contribution in [0.4, 0.5) is 4.39 Å². The minimum atomic E-state index is -1.03. The first-order valence-electron chi connectivity index (χ1n) is 10.8. The van der Waals surface area contributed by atoms with Crippen LogP contribution in [0.3, 0.4) is 0 Å². The number of hydrogen-bond donors (Lipinski definition) is 2. The molecular formula is C25H29FN2O4S. The lowest BCUT2D eigenvalue weighted by molar-refractivity contribution is -0.126. The Balaban J connectivity index is 1.53. The third kappa shape index (κ3) is 7.07. The van der Waals surface area contributed by atoms with Crippen molar-refractivity contribution in [3.63, 3.8) is 0 Å². The molecule has 1 aliphatic heterocycles. The van der Waals surface area contributed by atoms with Gasteiger partial charge >= 0.3 is 0 Å². The van der Waals surface area contributed by atoms with Crippen LogP contribution in [-0.2, 0) is 15.3 Å². The predicted octanol–water partition coefficient (Wildman–Crippen LogP) is 3.73. The summed E-state index contributed by atoms with van der Waals surface area (Å²) in [6.07, 6.45) is 2.62. The van der Waals surface area contributed by atoms with Gasteiger partial charge in [-0.05, 0) is 42.0 Å². The number of aliphatic hydroxyl groups is 1. The van der Waals surface area contributed by atoms with Crippen LogP contribution in [0.5, 0.6) is 5.75 Å². The number of aliphatic imine (C=N–C) groups is 1. The number of hydrogen-bond acceptors (Lipinski definition) is 6. The molecule has 1 heterocycles. The third-order valence-electron chi connectivity index (χ3n) is 5.05. The summed E-state index contributed by atoms with van der Waals surface area (Å²) in [4.78, 5) is 17.6. The zero-order chi connectivity index (χ0) is 23.5. The fourth-order valence-electron chi connectivity index (χ4n) is 3.27. The molecule has 0 bridgehead atoms. The normalized spacial score (nSPS) is 17.2. The van der Waals surface area contributed by atoms with Gasteiger partial charge in [0.25, 0.3) is 5.91 Å². The number of ether oxygens (including phenoxy) is 2. The first-order chi connectivity index (χ1) is 16.1. The Labute approximate surface area is 197 Å². The molecule has 0 saturated carbocycles. The average molecular weight is 473 g/mol. The molecule has 33 heavy (non-hydrogen) atoms. The number of amides is 1. The summed E-state index contributed by atoms with van der Waals surface area (Å²) in [6, 6.07) is 13.7. The van der Waals surface area contributed by atoms with Gasteiger partial charge in [-0.25, -0.2) is 9.38 Å². The molecule has 0 saturated heterocycles. The Bertz CT molecular complexity index is 950. The lowest BCUT2D eigenvalue weighted by Gasteiger charge is -2.21. The summed E-state index contributed by atoms with van der Waals surface area (Å²) in [6.45, 7) is 4.95. The number of aliphatic hydroxyl groups excluding tert-OH is 1. The molecule has 2 N–H and O–H groups in total. The minimum Gasteiger partial charge on any atom is -0.494 e. The number of nitrogens with zero attached hydrogens (tertiary/aromatic N) is 1. The van der Waals surface area contributed by atoms with Gasteiger partial charge in [-0.2, -0.15) is 11.8 Å².